The molecule has 0 aromatic rings. The molecular formula is C12H27N. The van der Waals surface area contributed by atoms with Crippen molar-refractivity contribution in [2.45, 2.75) is 59.4 Å². The van der Waals surface area contributed by atoms with E-state index in [0.29, 0.717) is 5.54 Å². The van der Waals surface area contributed by atoms with Crippen LogP contribution in [0, 0.1) is 5.92 Å². The van der Waals surface area contributed by atoms with Crippen LogP contribution in [0.25, 0.3) is 0 Å². The summed E-state index contributed by atoms with van der Waals surface area (Å²) in [5.41, 5.74) is 0.367. The SMILES string of the molecule is CCCN(C)C(C)(C)CC(C)CC. The van der Waals surface area contributed by atoms with Crippen LogP contribution in [0.2, 0.25) is 0 Å². The van der Waals surface area contributed by atoms with Gasteiger partial charge in [-0.3, -0.25) is 0 Å². The lowest BCUT2D eigenvalue weighted by atomic mass is 9.89. The van der Waals surface area contributed by atoms with E-state index in [1.165, 1.54) is 25.8 Å². The van der Waals surface area contributed by atoms with E-state index in [1.54, 1.807) is 0 Å². The molecule has 0 rings (SSSR count). The van der Waals surface area contributed by atoms with Crippen LogP contribution in [0.15, 0.2) is 0 Å². The van der Waals surface area contributed by atoms with Crippen molar-refractivity contribution >= 4 is 0 Å². The standard InChI is InChI=1S/C12H27N/c1-7-9-13(6)12(4,5)10-11(3)8-2/h11H,7-10H2,1-6H3. The van der Waals surface area contributed by atoms with Gasteiger partial charge in [0.15, 0.2) is 0 Å². The van der Waals surface area contributed by atoms with Crippen LogP contribution in [0.5, 0.6) is 0 Å². The van der Waals surface area contributed by atoms with E-state index < -0.39 is 0 Å². The van der Waals surface area contributed by atoms with Crippen LogP contribution in [-0.2, 0) is 0 Å². The van der Waals surface area contributed by atoms with Gasteiger partial charge in [0.05, 0.1) is 0 Å². The molecule has 0 aliphatic rings. The van der Waals surface area contributed by atoms with E-state index in [1.807, 2.05) is 0 Å². The van der Waals surface area contributed by atoms with Gasteiger partial charge in [0.2, 0.25) is 0 Å². The second kappa shape index (κ2) is 5.64. The zero-order valence-electron chi connectivity index (χ0n) is 10.4. The van der Waals surface area contributed by atoms with Crippen LogP contribution in [0.3, 0.4) is 0 Å². The largest absolute Gasteiger partial charge is 0.301 e. The molecule has 0 radical (unpaired) electrons. The average Bonchev–Trinajstić information content (AvgIpc) is 2.04. The van der Waals surface area contributed by atoms with Gasteiger partial charge in [-0.05, 0) is 46.2 Å². The third kappa shape index (κ3) is 4.66. The molecule has 0 saturated heterocycles. The van der Waals surface area contributed by atoms with Gasteiger partial charge in [-0.1, -0.05) is 27.2 Å². The van der Waals surface area contributed by atoms with Crippen molar-refractivity contribution < 1.29 is 0 Å². The Hall–Kier alpha value is -0.0400. The molecule has 0 N–H and O–H groups in total. The Labute approximate surface area is 84.5 Å². The predicted molar refractivity (Wildman–Crippen MR) is 61.1 cm³/mol. The van der Waals surface area contributed by atoms with Gasteiger partial charge in [0.1, 0.15) is 0 Å². The Morgan fingerprint density at radius 1 is 1.23 bits per heavy atom. The molecule has 0 bridgehead atoms. The van der Waals surface area contributed by atoms with Crippen LogP contribution >= 0.6 is 0 Å². The minimum Gasteiger partial charge on any atom is -0.301 e. The molecule has 0 amide bonds. The first kappa shape index (κ1) is 13.0. The third-order valence-corrected chi connectivity index (χ3v) is 3.14. The lowest BCUT2D eigenvalue weighted by Gasteiger charge is -2.37. The summed E-state index contributed by atoms with van der Waals surface area (Å²) in [4.78, 5) is 2.49. The maximum absolute atomic E-state index is 2.49. The molecule has 13 heavy (non-hydrogen) atoms. The van der Waals surface area contributed by atoms with Crippen molar-refractivity contribution in [1.29, 1.82) is 0 Å². The second-order valence-corrected chi connectivity index (χ2v) is 4.95. The Morgan fingerprint density at radius 2 is 1.77 bits per heavy atom. The third-order valence-electron chi connectivity index (χ3n) is 3.14. The topological polar surface area (TPSA) is 3.24 Å². The van der Waals surface area contributed by atoms with Gasteiger partial charge in [-0.15, -0.1) is 0 Å². The first-order valence-electron chi connectivity index (χ1n) is 5.65. The normalized spacial score (nSPS) is 15.0. The van der Waals surface area contributed by atoms with E-state index in [9.17, 15) is 0 Å². The molecule has 1 atom stereocenters. The van der Waals surface area contributed by atoms with Crippen molar-refractivity contribution in [1.82, 2.24) is 4.90 Å². The first-order chi connectivity index (χ1) is 5.94. The summed E-state index contributed by atoms with van der Waals surface area (Å²) in [6.45, 7) is 12.8. The molecule has 0 heterocycles. The predicted octanol–water partition coefficient (Wildman–Crippen LogP) is 3.54. The minimum atomic E-state index is 0.367. The summed E-state index contributed by atoms with van der Waals surface area (Å²) in [5, 5.41) is 0. The lowest BCUT2D eigenvalue weighted by Crippen LogP contribution is -2.42. The molecule has 1 unspecified atom stereocenters. The van der Waals surface area contributed by atoms with Gasteiger partial charge >= 0.3 is 0 Å². The maximum Gasteiger partial charge on any atom is 0.0152 e. The Morgan fingerprint density at radius 3 is 2.15 bits per heavy atom. The molecular weight excluding hydrogens is 158 g/mol. The smallest absolute Gasteiger partial charge is 0.0152 e. The van der Waals surface area contributed by atoms with Crippen molar-refractivity contribution in [3.8, 4) is 0 Å². The molecule has 0 aliphatic heterocycles. The minimum absolute atomic E-state index is 0.367. The summed E-state index contributed by atoms with van der Waals surface area (Å²) >= 11 is 0. The van der Waals surface area contributed by atoms with E-state index >= 15 is 0 Å². The fourth-order valence-corrected chi connectivity index (χ4v) is 1.79. The fourth-order valence-electron chi connectivity index (χ4n) is 1.79. The highest BCUT2D eigenvalue weighted by molar-refractivity contribution is 4.80. The summed E-state index contributed by atoms with van der Waals surface area (Å²) in [5.74, 6) is 0.842. The van der Waals surface area contributed by atoms with E-state index in [0.717, 1.165) is 5.92 Å². The Kier molecular flexibility index (Phi) is 5.62. The zero-order valence-corrected chi connectivity index (χ0v) is 10.4. The molecule has 0 aliphatic carbocycles. The highest BCUT2D eigenvalue weighted by Crippen LogP contribution is 2.23. The molecule has 1 heteroatoms. The first-order valence-corrected chi connectivity index (χ1v) is 5.65. The fraction of sp³-hybridized carbons (Fsp3) is 1.00. The number of rotatable bonds is 6. The molecule has 80 valence electrons. The van der Waals surface area contributed by atoms with E-state index in [4.69, 9.17) is 0 Å². The number of nitrogens with zero attached hydrogens (tertiary/aromatic N) is 1. The highest BCUT2D eigenvalue weighted by atomic mass is 15.2. The van der Waals surface area contributed by atoms with Gasteiger partial charge in [0, 0.05) is 5.54 Å². The van der Waals surface area contributed by atoms with Crippen molar-refractivity contribution in [2.24, 2.45) is 5.92 Å². The lowest BCUT2D eigenvalue weighted by molar-refractivity contribution is 0.126. The molecule has 1 nitrogen and oxygen atoms in total. The van der Waals surface area contributed by atoms with Crippen LogP contribution < -0.4 is 0 Å². The average molecular weight is 185 g/mol. The summed E-state index contributed by atoms with van der Waals surface area (Å²) in [6, 6.07) is 0. The summed E-state index contributed by atoms with van der Waals surface area (Å²) < 4.78 is 0. The highest BCUT2D eigenvalue weighted by Gasteiger charge is 2.24. The van der Waals surface area contributed by atoms with Gasteiger partial charge < -0.3 is 4.90 Å². The maximum atomic E-state index is 2.49. The quantitative estimate of drug-likeness (QED) is 0.612. The second-order valence-electron chi connectivity index (χ2n) is 4.95. The van der Waals surface area contributed by atoms with E-state index in [-0.39, 0.29) is 0 Å². The zero-order chi connectivity index (χ0) is 10.5. The van der Waals surface area contributed by atoms with Crippen molar-refractivity contribution in [3.05, 3.63) is 0 Å². The van der Waals surface area contributed by atoms with Gasteiger partial charge in [0.25, 0.3) is 0 Å². The molecule has 0 spiro atoms. The summed E-state index contributed by atoms with van der Waals surface area (Å²) in [7, 11) is 2.24. The molecule has 0 saturated carbocycles. The molecule has 0 aromatic carbocycles. The van der Waals surface area contributed by atoms with Crippen molar-refractivity contribution in [3.63, 3.8) is 0 Å². The summed E-state index contributed by atoms with van der Waals surface area (Å²) in [6.07, 6.45) is 3.85. The van der Waals surface area contributed by atoms with Crippen LogP contribution in [0.4, 0.5) is 0 Å². The number of hydrogen-bond acceptors (Lipinski definition) is 1. The Bertz CT molecular complexity index is 129. The van der Waals surface area contributed by atoms with E-state index in [2.05, 4.69) is 46.6 Å². The molecule has 0 aromatic heterocycles. The van der Waals surface area contributed by atoms with Gasteiger partial charge in [-0.2, -0.15) is 0 Å². The Balaban J connectivity index is 4.04. The van der Waals surface area contributed by atoms with Crippen molar-refractivity contribution in [2.75, 3.05) is 13.6 Å². The van der Waals surface area contributed by atoms with Gasteiger partial charge in [-0.25, -0.2) is 0 Å². The van der Waals surface area contributed by atoms with Crippen LogP contribution in [-0.4, -0.2) is 24.0 Å². The monoisotopic (exact) mass is 185 g/mol. The number of hydrogen-bond donors (Lipinski definition) is 0. The van der Waals surface area contributed by atoms with Crippen LogP contribution in [0.1, 0.15) is 53.9 Å². The molecule has 0 fully saturated rings.